The van der Waals surface area contributed by atoms with E-state index in [-0.39, 0.29) is 17.2 Å². The molecule has 1 heterocycles. The molecule has 3 N–H and O–H groups in total. The van der Waals surface area contributed by atoms with Crippen molar-refractivity contribution in [1.82, 2.24) is 13.7 Å². The Labute approximate surface area is 301 Å². The highest BCUT2D eigenvalue weighted by molar-refractivity contribution is 5.49. The smallest absolute Gasteiger partial charge is 0.337 e. The van der Waals surface area contributed by atoms with Gasteiger partial charge >= 0.3 is 17.1 Å². The number of hydrogen-bond donors (Lipinski definition) is 3. The lowest BCUT2D eigenvalue weighted by molar-refractivity contribution is 0.399. The van der Waals surface area contributed by atoms with Crippen LogP contribution in [-0.2, 0) is 16.2 Å². The summed E-state index contributed by atoms with van der Waals surface area (Å²) < 4.78 is 3.38. The summed E-state index contributed by atoms with van der Waals surface area (Å²) in [7, 11) is 0. The van der Waals surface area contributed by atoms with Gasteiger partial charge < -0.3 is 15.3 Å². The van der Waals surface area contributed by atoms with E-state index in [2.05, 4.69) is 0 Å². The molecule has 3 aromatic carbocycles. The second-order valence-corrected chi connectivity index (χ2v) is 17.4. The Bertz CT molecular complexity index is 1910. The molecule has 0 radical (unpaired) electrons. The fourth-order valence-corrected chi connectivity index (χ4v) is 6.90. The highest BCUT2D eigenvalue weighted by Crippen LogP contribution is 2.38. The minimum Gasteiger partial charge on any atom is -0.507 e. The third-order valence-corrected chi connectivity index (χ3v) is 10.2. The van der Waals surface area contributed by atoms with Gasteiger partial charge in [0.2, 0.25) is 0 Å². The van der Waals surface area contributed by atoms with E-state index in [0.29, 0.717) is 50.1 Å². The van der Waals surface area contributed by atoms with Crippen LogP contribution in [-0.4, -0.2) is 29.0 Å². The van der Waals surface area contributed by atoms with E-state index in [0.717, 1.165) is 13.7 Å². The number of aryl methyl sites for hydroxylation is 3. The molecule has 3 unspecified atom stereocenters. The van der Waals surface area contributed by atoms with Gasteiger partial charge in [-0.05, 0) is 126 Å². The van der Waals surface area contributed by atoms with Gasteiger partial charge in [0.1, 0.15) is 17.2 Å². The zero-order valence-electron chi connectivity index (χ0n) is 33.1. The van der Waals surface area contributed by atoms with Crippen molar-refractivity contribution in [2.45, 2.75) is 138 Å². The van der Waals surface area contributed by atoms with Crippen LogP contribution in [0.25, 0.3) is 0 Å². The van der Waals surface area contributed by atoms with Crippen LogP contribution in [0.2, 0.25) is 0 Å². The molecule has 9 nitrogen and oxygen atoms in total. The first-order valence-corrected chi connectivity index (χ1v) is 17.7. The van der Waals surface area contributed by atoms with Gasteiger partial charge in [-0.3, -0.25) is 0 Å². The molecule has 9 heteroatoms. The normalized spacial score (nSPS) is 14.4. The lowest BCUT2D eigenvalue weighted by Crippen LogP contribution is -2.57. The first kappa shape index (κ1) is 39.3. The van der Waals surface area contributed by atoms with Gasteiger partial charge in [0.15, 0.2) is 0 Å². The van der Waals surface area contributed by atoms with Crippen LogP contribution in [0.4, 0.5) is 0 Å². The Morgan fingerprint density at radius 2 is 0.627 bits per heavy atom. The zero-order valence-corrected chi connectivity index (χ0v) is 33.1. The minimum absolute atomic E-state index is 0.158. The summed E-state index contributed by atoms with van der Waals surface area (Å²) >= 11 is 0. The maximum absolute atomic E-state index is 14.7. The van der Waals surface area contributed by atoms with E-state index in [1.165, 1.54) is 0 Å². The molecule has 0 saturated carbocycles. The Hall–Kier alpha value is -4.53. The molecule has 4 rings (SSSR count). The van der Waals surface area contributed by atoms with Crippen LogP contribution >= 0.6 is 0 Å². The molecule has 0 aliphatic heterocycles. The standard InChI is InChI=1S/C42H57N3O6/c1-22-16-28(19-31(34(22)46)40(7,8)9)25(4)43-37(49)44(26(5)29-17-23(2)35(47)32(20-29)41(10,11)12)39(51)45(38(43)50)27(6)30-18-24(3)36(48)33(21-30)42(13,14)15/h16-21,25-27,46-48H,1-15H3. The molecule has 276 valence electrons. The fourth-order valence-electron chi connectivity index (χ4n) is 6.90. The van der Waals surface area contributed by atoms with Crippen LogP contribution in [0.3, 0.4) is 0 Å². The Kier molecular flexibility index (Phi) is 10.2. The van der Waals surface area contributed by atoms with E-state index in [4.69, 9.17) is 0 Å². The van der Waals surface area contributed by atoms with E-state index in [1.807, 2.05) is 80.5 Å². The number of phenolic OH excluding ortho intramolecular Hbond substituents is 3. The topological polar surface area (TPSA) is 127 Å². The molecule has 0 spiro atoms. The summed E-state index contributed by atoms with van der Waals surface area (Å²) in [6, 6.07) is 8.32. The average molecular weight is 700 g/mol. The monoisotopic (exact) mass is 699 g/mol. The molecule has 3 atom stereocenters. The largest absolute Gasteiger partial charge is 0.507 e. The van der Waals surface area contributed by atoms with Gasteiger partial charge in [0, 0.05) is 0 Å². The van der Waals surface area contributed by atoms with Crippen LogP contribution in [0, 0.1) is 20.8 Å². The van der Waals surface area contributed by atoms with Crippen molar-refractivity contribution in [1.29, 1.82) is 0 Å². The third-order valence-electron chi connectivity index (χ3n) is 10.2. The molecule has 0 amide bonds. The maximum Gasteiger partial charge on any atom is 0.337 e. The molecule has 0 aliphatic carbocycles. The molecule has 0 aliphatic rings. The number of benzene rings is 3. The summed E-state index contributed by atoms with van der Waals surface area (Å²) in [5, 5.41) is 32.9. The summed E-state index contributed by atoms with van der Waals surface area (Å²) in [4.78, 5) is 44.1. The summed E-state index contributed by atoms with van der Waals surface area (Å²) in [5.74, 6) is 0.473. The van der Waals surface area contributed by atoms with Gasteiger partial charge in [-0.2, -0.15) is 0 Å². The summed E-state index contributed by atoms with van der Waals surface area (Å²) in [6.45, 7) is 28.4. The maximum atomic E-state index is 14.7. The number of nitrogens with zero attached hydrogens (tertiary/aromatic N) is 3. The number of aromatic nitrogens is 3. The highest BCUT2D eigenvalue weighted by Gasteiger charge is 2.31. The molecule has 51 heavy (non-hydrogen) atoms. The van der Waals surface area contributed by atoms with Gasteiger partial charge in [-0.25, -0.2) is 28.1 Å². The first-order chi connectivity index (χ1) is 23.2. The van der Waals surface area contributed by atoms with Gasteiger partial charge in [0.25, 0.3) is 0 Å². The fraction of sp³-hybridized carbons (Fsp3) is 0.500. The molecular formula is C42H57N3O6. The van der Waals surface area contributed by atoms with Gasteiger partial charge in [-0.15, -0.1) is 0 Å². The van der Waals surface area contributed by atoms with Crippen LogP contribution in [0.15, 0.2) is 50.8 Å². The lowest BCUT2D eigenvalue weighted by Gasteiger charge is -2.28. The Morgan fingerprint density at radius 3 is 0.804 bits per heavy atom. The zero-order chi connectivity index (χ0) is 38.9. The SMILES string of the molecule is Cc1cc(C(C)n2c(=O)n(C(C)c3cc(C)c(O)c(C(C)(C)C)c3)c(=O)n(C(C)c3cc(C)c(O)c(C(C)(C)C)c3)c2=O)cc(C(C)(C)C)c1O. The van der Waals surface area contributed by atoms with Crippen molar-refractivity contribution >= 4 is 0 Å². The second-order valence-electron chi connectivity index (χ2n) is 17.4. The second kappa shape index (κ2) is 13.2. The van der Waals surface area contributed by atoms with Crippen molar-refractivity contribution < 1.29 is 15.3 Å². The molecule has 0 bridgehead atoms. The van der Waals surface area contributed by atoms with Crippen LogP contribution < -0.4 is 17.1 Å². The molecule has 1 aromatic heterocycles. The number of phenols is 3. The van der Waals surface area contributed by atoms with E-state index >= 15 is 0 Å². The molecular weight excluding hydrogens is 642 g/mol. The highest BCUT2D eigenvalue weighted by atomic mass is 16.3. The van der Waals surface area contributed by atoms with E-state index in [1.54, 1.807) is 59.7 Å². The van der Waals surface area contributed by atoms with Crippen molar-refractivity contribution in [3.63, 3.8) is 0 Å². The average Bonchev–Trinajstić information content (AvgIpc) is 2.98. The predicted molar refractivity (Wildman–Crippen MR) is 205 cm³/mol. The summed E-state index contributed by atoms with van der Waals surface area (Å²) in [6.07, 6.45) is 0. The molecule has 4 aromatic rings. The third kappa shape index (κ3) is 7.17. The predicted octanol–water partition coefficient (Wildman–Crippen LogP) is 7.93. The summed E-state index contributed by atoms with van der Waals surface area (Å²) in [5.41, 5.74) is 2.17. The van der Waals surface area contributed by atoms with Crippen molar-refractivity contribution in [3.05, 3.63) is 118 Å². The number of aromatic hydroxyl groups is 3. The first-order valence-electron chi connectivity index (χ1n) is 17.7. The van der Waals surface area contributed by atoms with Gasteiger partial charge in [0.05, 0.1) is 18.1 Å². The minimum atomic E-state index is -0.818. The van der Waals surface area contributed by atoms with Crippen molar-refractivity contribution in [2.24, 2.45) is 0 Å². The number of hydrogen-bond acceptors (Lipinski definition) is 6. The van der Waals surface area contributed by atoms with E-state index < -0.39 is 51.4 Å². The Morgan fingerprint density at radius 1 is 0.431 bits per heavy atom. The van der Waals surface area contributed by atoms with Crippen molar-refractivity contribution in [3.8, 4) is 17.2 Å². The van der Waals surface area contributed by atoms with Gasteiger partial charge in [-0.1, -0.05) is 80.5 Å². The Balaban J connectivity index is 2.13. The molecule has 0 saturated heterocycles. The lowest BCUT2D eigenvalue weighted by atomic mass is 9.83. The molecule has 0 fully saturated rings. The van der Waals surface area contributed by atoms with Crippen molar-refractivity contribution in [2.75, 3.05) is 0 Å². The van der Waals surface area contributed by atoms with E-state index in [9.17, 15) is 29.7 Å². The number of rotatable bonds is 6. The quantitative estimate of drug-likeness (QED) is 0.188. The van der Waals surface area contributed by atoms with Crippen LogP contribution in [0.1, 0.15) is 151 Å². The van der Waals surface area contributed by atoms with Crippen LogP contribution in [0.5, 0.6) is 17.2 Å².